The minimum absolute atomic E-state index is 0.00908. The first-order chi connectivity index (χ1) is 12.4. The third-order valence-corrected chi connectivity index (χ3v) is 4.44. The van der Waals surface area contributed by atoms with Crippen LogP contribution in [0.4, 0.5) is 8.78 Å². The van der Waals surface area contributed by atoms with Crippen molar-refractivity contribution in [3.05, 3.63) is 65.4 Å². The molecule has 2 N–H and O–H groups in total. The highest BCUT2D eigenvalue weighted by Gasteiger charge is 2.22. The quantitative estimate of drug-likeness (QED) is 0.718. The number of halogens is 2. The van der Waals surface area contributed by atoms with Gasteiger partial charge in [-0.1, -0.05) is 12.1 Å². The molecule has 0 radical (unpaired) electrons. The number of nitrogens with zero attached hydrogens (tertiary/aromatic N) is 1. The number of carbonyl (C=O) groups is 1. The van der Waals surface area contributed by atoms with Crippen molar-refractivity contribution in [1.82, 2.24) is 10.3 Å². The summed E-state index contributed by atoms with van der Waals surface area (Å²) in [5, 5.41) is 12.6. The molecule has 0 aliphatic heterocycles. The molecule has 1 aromatic heterocycles. The predicted octanol–water partition coefficient (Wildman–Crippen LogP) is 4.22. The average molecular weight is 356 g/mol. The van der Waals surface area contributed by atoms with E-state index in [0.717, 1.165) is 28.1 Å². The predicted molar refractivity (Wildman–Crippen MR) is 95.9 cm³/mol. The molecular formula is C20H18F2N2O2. The maximum atomic E-state index is 14.4. The van der Waals surface area contributed by atoms with E-state index in [1.165, 1.54) is 13.1 Å². The van der Waals surface area contributed by atoms with Crippen LogP contribution in [-0.2, 0) is 4.79 Å². The first-order valence-electron chi connectivity index (χ1n) is 8.15. The fourth-order valence-electron chi connectivity index (χ4n) is 3.19. The normalized spacial score (nSPS) is 12.3. The summed E-state index contributed by atoms with van der Waals surface area (Å²) in [5.41, 5.74) is 2.86. The maximum absolute atomic E-state index is 14.4. The van der Waals surface area contributed by atoms with Crippen LogP contribution in [-0.4, -0.2) is 23.1 Å². The van der Waals surface area contributed by atoms with E-state index in [4.69, 9.17) is 5.11 Å². The molecule has 26 heavy (non-hydrogen) atoms. The van der Waals surface area contributed by atoms with Gasteiger partial charge in [0.25, 0.3) is 0 Å². The summed E-state index contributed by atoms with van der Waals surface area (Å²) < 4.78 is 28.7. The number of carboxylic acid groups (broad SMARTS) is 1. The molecule has 0 aliphatic rings. The monoisotopic (exact) mass is 356 g/mol. The molecule has 0 saturated carbocycles. The Bertz CT molecular complexity index is 989. The van der Waals surface area contributed by atoms with Crippen LogP contribution in [0.5, 0.6) is 0 Å². The molecule has 2 aromatic carbocycles. The van der Waals surface area contributed by atoms with Crippen LogP contribution >= 0.6 is 0 Å². The van der Waals surface area contributed by atoms with Gasteiger partial charge in [-0.15, -0.1) is 0 Å². The van der Waals surface area contributed by atoms with Crippen molar-refractivity contribution in [1.29, 1.82) is 0 Å². The minimum atomic E-state index is -1.10. The Morgan fingerprint density at radius 2 is 2.04 bits per heavy atom. The molecule has 0 amide bonds. The zero-order valence-corrected chi connectivity index (χ0v) is 14.4. The van der Waals surface area contributed by atoms with Crippen molar-refractivity contribution in [2.75, 3.05) is 7.05 Å². The molecule has 6 heteroatoms. The molecule has 4 nitrogen and oxygen atoms in total. The number of aryl methyl sites for hydroxylation is 1. The largest absolute Gasteiger partial charge is 0.481 e. The first-order valence-corrected chi connectivity index (χ1v) is 8.15. The number of rotatable bonds is 5. The molecule has 0 spiro atoms. The van der Waals surface area contributed by atoms with E-state index < -0.39 is 23.6 Å². The van der Waals surface area contributed by atoms with Crippen molar-refractivity contribution in [3.8, 4) is 11.1 Å². The van der Waals surface area contributed by atoms with E-state index in [1.807, 2.05) is 25.1 Å². The van der Waals surface area contributed by atoms with Crippen LogP contribution in [0.15, 0.2) is 42.6 Å². The molecule has 134 valence electrons. The third-order valence-electron chi connectivity index (χ3n) is 4.44. The second-order valence-electron chi connectivity index (χ2n) is 6.13. The average Bonchev–Trinajstić information content (AvgIpc) is 2.62. The summed E-state index contributed by atoms with van der Waals surface area (Å²) in [7, 11) is 1.52. The summed E-state index contributed by atoms with van der Waals surface area (Å²) in [6.07, 6.45) is 1.31. The van der Waals surface area contributed by atoms with Gasteiger partial charge in [0.05, 0.1) is 11.9 Å². The van der Waals surface area contributed by atoms with Crippen LogP contribution in [0.1, 0.15) is 23.6 Å². The fourth-order valence-corrected chi connectivity index (χ4v) is 3.19. The fraction of sp³-hybridized carbons (Fsp3) is 0.200. The van der Waals surface area contributed by atoms with Crippen LogP contribution in [0.2, 0.25) is 0 Å². The lowest BCUT2D eigenvalue weighted by atomic mass is 9.92. The Morgan fingerprint density at radius 1 is 1.27 bits per heavy atom. The van der Waals surface area contributed by atoms with Gasteiger partial charge >= 0.3 is 5.97 Å². The number of fused-ring (bicyclic) bond motifs is 1. The van der Waals surface area contributed by atoms with Gasteiger partial charge in [-0.3, -0.25) is 9.78 Å². The molecule has 0 aliphatic carbocycles. The molecule has 3 aromatic rings. The van der Waals surface area contributed by atoms with E-state index in [1.54, 1.807) is 12.3 Å². The highest BCUT2D eigenvalue weighted by atomic mass is 19.2. The molecule has 3 rings (SSSR count). The Morgan fingerprint density at radius 3 is 2.73 bits per heavy atom. The minimum Gasteiger partial charge on any atom is -0.481 e. The van der Waals surface area contributed by atoms with E-state index >= 15 is 0 Å². The van der Waals surface area contributed by atoms with Crippen molar-refractivity contribution >= 4 is 16.9 Å². The van der Waals surface area contributed by atoms with Crippen LogP contribution in [0.25, 0.3) is 22.0 Å². The van der Waals surface area contributed by atoms with E-state index in [2.05, 4.69) is 10.3 Å². The molecular weight excluding hydrogens is 338 g/mol. The van der Waals surface area contributed by atoms with Gasteiger partial charge in [0, 0.05) is 23.2 Å². The van der Waals surface area contributed by atoms with E-state index in [9.17, 15) is 13.6 Å². The van der Waals surface area contributed by atoms with Crippen molar-refractivity contribution in [3.63, 3.8) is 0 Å². The maximum Gasteiger partial charge on any atom is 0.305 e. The lowest BCUT2D eigenvalue weighted by Crippen LogP contribution is -2.21. The van der Waals surface area contributed by atoms with Gasteiger partial charge in [0.2, 0.25) is 0 Å². The number of hydrogen-bond acceptors (Lipinski definition) is 3. The van der Waals surface area contributed by atoms with E-state index in [-0.39, 0.29) is 12.0 Å². The van der Waals surface area contributed by atoms with E-state index in [0.29, 0.717) is 5.56 Å². The Balaban J connectivity index is 2.25. The summed E-state index contributed by atoms with van der Waals surface area (Å²) >= 11 is 0. The highest BCUT2D eigenvalue weighted by Crippen LogP contribution is 2.34. The van der Waals surface area contributed by atoms with Crippen molar-refractivity contribution in [2.45, 2.75) is 19.4 Å². The molecule has 1 atom stereocenters. The number of hydrogen-bond donors (Lipinski definition) is 2. The number of aliphatic carboxylic acids is 1. The first kappa shape index (κ1) is 17.9. The molecule has 0 fully saturated rings. The van der Waals surface area contributed by atoms with Crippen molar-refractivity contribution < 1.29 is 18.7 Å². The SMILES string of the molecule is CN[C@@H](CC(=O)O)c1cc(-c2c(C)ccc3ncccc23)cc(F)c1F. The number of nitrogens with one attached hydrogen (secondary N) is 1. The second-order valence-corrected chi connectivity index (χ2v) is 6.13. The van der Waals surface area contributed by atoms with Gasteiger partial charge in [-0.05, 0) is 54.9 Å². The summed E-state index contributed by atoms with van der Waals surface area (Å²) in [6.45, 7) is 1.88. The smallest absolute Gasteiger partial charge is 0.305 e. The van der Waals surface area contributed by atoms with Crippen LogP contribution < -0.4 is 5.32 Å². The topological polar surface area (TPSA) is 62.2 Å². The molecule has 0 bridgehead atoms. The van der Waals surface area contributed by atoms with Gasteiger partial charge in [0.1, 0.15) is 0 Å². The lowest BCUT2D eigenvalue weighted by Gasteiger charge is -2.18. The van der Waals surface area contributed by atoms with Crippen LogP contribution in [0.3, 0.4) is 0 Å². The standard InChI is InChI=1S/C20H18F2N2O2/c1-11-5-6-16-13(4-3-7-24-16)19(11)12-8-14(20(22)15(21)9-12)17(23-2)10-18(25)26/h3-9,17,23H,10H2,1-2H3,(H,25,26)/t17-/m0/s1. The lowest BCUT2D eigenvalue weighted by molar-refractivity contribution is -0.137. The van der Waals surface area contributed by atoms with Gasteiger partial charge in [-0.25, -0.2) is 8.78 Å². The summed E-state index contributed by atoms with van der Waals surface area (Å²) in [4.78, 5) is 15.4. The number of aromatic nitrogens is 1. The molecule has 1 heterocycles. The van der Waals surface area contributed by atoms with Gasteiger partial charge in [-0.2, -0.15) is 0 Å². The number of pyridine rings is 1. The van der Waals surface area contributed by atoms with Crippen LogP contribution in [0, 0.1) is 18.6 Å². The van der Waals surface area contributed by atoms with Gasteiger partial charge < -0.3 is 10.4 Å². The Labute approximate surface area is 149 Å². The third kappa shape index (κ3) is 3.28. The highest BCUT2D eigenvalue weighted by molar-refractivity contribution is 5.96. The molecule has 0 unspecified atom stereocenters. The zero-order valence-electron chi connectivity index (χ0n) is 14.4. The van der Waals surface area contributed by atoms with Gasteiger partial charge in [0.15, 0.2) is 11.6 Å². The second kappa shape index (κ2) is 7.17. The summed E-state index contributed by atoms with van der Waals surface area (Å²) in [6, 6.07) is 9.22. The zero-order chi connectivity index (χ0) is 18.8. The van der Waals surface area contributed by atoms with Crippen molar-refractivity contribution in [2.24, 2.45) is 0 Å². The number of benzene rings is 2. The number of carboxylic acids is 1. The Hall–Kier alpha value is -2.86. The summed E-state index contributed by atoms with van der Waals surface area (Å²) in [5.74, 6) is -3.14. The Kier molecular flexibility index (Phi) is 4.95. The molecule has 0 saturated heterocycles.